The fourth-order valence-corrected chi connectivity index (χ4v) is 2.05. The van der Waals surface area contributed by atoms with E-state index in [0.29, 0.717) is 11.3 Å². The van der Waals surface area contributed by atoms with Gasteiger partial charge in [0.25, 0.3) is 5.91 Å². The monoisotopic (exact) mass is 263 g/mol. The molecule has 2 amide bonds. The van der Waals surface area contributed by atoms with E-state index in [-0.39, 0.29) is 5.56 Å². The number of imide groups is 1. The third kappa shape index (κ3) is 1.95. The molecule has 1 unspecified atom stereocenters. The predicted octanol–water partition coefficient (Wildman–Crippen LogP) is 0.564. The summed E-state index contributed by atoms with van der Waals surface area (Å²) in [6.07, 6.45) is 0. The quantitative estimate of drug-likeness (QED) is 0.443. The van der Waals surface area contributed by atoms with Crippen molar-refractivity contribution in [2.45, 2.75) is 5.92 Å². The number of methoxy groups -OCH3 is 2. The lowest BCUT2D eigenvalue weighted by molar-refractivity contribution is -0.148. The van der Waals surface area contributed by atoms with Crippen molar-refractivity contribution in [1.82, 2.24) is 4.90 Å². The maximum absolute atomic E-state index is 12.0. The highest BCUT2D eigenvalue weighted by Crippen LogP contribution is 2.32. The summed E-state index contributed by atoms with van der Waals surface area (Å²) in [4.78, 5) is 36.7. The number of carbonyl (C=O) groups excluding carboxylic acids is 3. The molecule has 1 heterocycles. The van der Waals surface area contributed by atoms with E-state index in [2.05, 4.69) is 4.74 Å². The molecule has 0 aliphatic carbocycles. The van der Waals surface area contributed by atoms with Crippen molar-refractivity contribution in [2.75, 3.05) is 21.3 Å². The lowest BCUT2D eigenvalue weighted by Gasteiger charge is -2.28. The summed E-state index contributed by atoms with van der Waals surface area (Å²) < 4.78 is 9.67. The first-order chi connectivity index (χ1) is 9.01. The van der Waals surface area contributed by atoms with Gasteiger partial charge in [-0.25, -0.2) is 0 Å². The molecule has 6 heteroatoms. The summed E-state index contributed by atoms with van der Waals surface area (Å²) in [5.41, 5.74) is 0.623. The van der Waals surface area contributed by atoms with E-state index in [0.717, 1.165) is 4.90 Å². The Morgan fingerprint density at radius 3 is 2.53 bits per heavy atom. The highest BCUT2D eigenvalue weighted by Gasteiger charge is 2.41. The first-order valence-corrected chi connectivity index (χ1v) is 5.59. The van der Waals surface area contributed by atoms with Gasteiger partial charge in [0.05, 0.1) is 14.2 Å². The molecule has 0 fully saturated rings. The summed E-state index contributed by atoms with van der Waals surface area (Å²) >= 11 is 0. The lowest BCUT2D eigenvalue weighted by Crippen LogP contribution is -2.44. The number of rotatable bonds is 2. The molecule has 0 bridgehead atoms. The van der Waals surface area contributed by atoms with Gasteiger partial charge < -0.3 is 9.47 Å². The Morgan fingerprint density at radius 1 is 1.26 bits per heavy atom. The smallest absolute Gasteiger partial charge is 0.322 e. The third-order valence-corrected chi connectivity index (χ3v) is 3.12. The molecule has 1 aromatic rings. The zero-order valence-electron chi connectivity index (χ0n) is 10.8. The molecule has 0 saturated heterocycles. The number of hydrogen-bond acceptors (Lipinski definition) is 5. The van der Waals surface area contributed by atoms with Crippen LogP contribution < -0.4 is 4.74 Å². The van der Waals surface area contributed by atoms with Gasteiger partial charge in [0.2, 0.25) is 5.91 Å². The van der Waals surface area contributed by atoms with Crippen molar-refractivity contribution < 1.29 is 23.9 Å². The van der Waals surface area contributed by atoms with Gasteiger partial charge in [-0.15, -0.1) is 0 Å². The van der Waals surface area contributed by atoms with Crippen LogP contribution in [0.4, 0.5) is 0 Å². The Balaban J connectivity index is 2.62. The van der Waals surface area contributed by atoms with Crippen molar-refractivity contribution in [1.29, 1.82) is 0 Å². The van der Waals surface area contributed by atoms with Crippen molar-refractivity contribution in [2.24, 2.45) is 0 Å². The van der Waals surface area contributed by atoms with Crippen LogP contribution in [0.15, 0.2) is 18.2 Å². The fraction of sp³-hybridized carbons (Fsp3) is 0.308. The van der Waals surface area contributed by atoms with Crippen LogP contribution in [0.25, 0.3) is 0 Å². The van der Waals surface area contributed by atoms with Gasteiger partial charge in [-0.05, 0) is 17.7 Å². The van der Waals surface area contributed by atoms with E-state index < -0.39 is 23.7 Å². The van der Waals surface area contributed by atoms with Gasteiger partial charge in [-0.3, -0.25) is 19.3 Å². The van der Waals surface area contributed by atoms with Crippen LogP contribution in [0.2, 0.25) is 0 Å². The molecule has 1 atom stereocenters. The Labute approximate surface area is 109 Å². The zero-order chi connectivity index (χ0) is 14.2. The predicted molar refractivity (Wildman–Crippen MR) is 64.9 cm³/mol. The number of fused-ring (bicyclic) bond motifs is 1. The number of esters is 1. The average molecular weight is 263 g/mol. The second-order valence-electron chi connectivity index (χ2n) is 4.11. The number of nitrogens with zero attached hydrogens (tertiary/aromatic N) is 1. The maximum atomic E-state index is 12.0. The number of likely N-dealkylation sites (N-methyl/N-ethyl adjacent to an activating group) is 1. The van der Waals surface area contributed by atoms with E-state index in [1.807, 2.05) is 0 Å². The van der Waals surface area contributed by atoms with E-state index in [1.165, 1.54) is 27.3 Å². The van der Waals surface area contributed by atoms with E-state index in [9.17, 15) is 14.4 Å². The Kier molecular flexibility index (Phi) is 3.25. The molecular formula is C13H13NO5. The van der Waals surface area contributed by atoms with Gasteiger partial charge >= 0.3 is 5.97 Å². The minimum atomic E-state index is -1.10. The number of hydrogen-bond donors (Lipinski definition) is 0. The summed E-state index contributed by atoms with van der Waals surface area (Å²) in [7, 11) is 4.01. The van der Waals surface area contributed by atoms with Crippen molar-refractivity contribution >= 4 is 17.8 Å². The second-order valence-corrected chi connectivity index (χ2v) is 4.11. The highest BCUT2D eigenvalue weighted by atomic mass is 16.5. The van der Waals surface area contributed by atoms with Crippen LogP contribution in [0, 0.1) is 0 Å². The summed E-state index contributed by atoms with van der Waals surface area (Å²) in [6.45, 7) is 0. The summed E-state index contributed by atoms with van der Waals surface area (Å²) in [5.74, 6) is -2.35. The fourth-order valence-electron chi connectivity index (χ4n) is 2.05. The SMILES string of the molecule is COC(=O)C1C(=O)N(C)C(=O)c2cc(OC)ccc21. The molecule has 1 aliphatic rings. The van der Waals surface area contributed by atoms with Crippen LogP contribution in [0.1, 0.15) is 21.8 Å². The first kappa shape index (κ1) is 13.1. The lowest BCUT2D eigenvalue weighted by atomic mass is 9.88. The van der Waals surface area contributed by atoms with E-state index in [4.69, 9.17) is 4.74 Å². The Bertz CT molecular complexity index is 566. The van der Waals surface area contributed by atoms with Crippen LogP contribution >= 0.6 is 0 Å². The molecule has 0 radical (unpaired) electrons. The largest absolute Gasteiger partial charge is 0.497 e. The standard InChI is InChI=1S/C13H13NO5/c1-14-11(15)9-6-7(18-2)4-5-8(9)10(12(14)16)13(17)19-3/h4-6,10H,1-3H3. The van der Waals surface area contributed by atoms with Gasteiger partial charge in [0, 0.05) is 12.6 Å². The number of carbonyl (C=O) groups is 3. The van der Waals surface area contributed by atoms with Crippen LogP contribution in [-0.4, -0.2) is 44.0 Å². The topological polar surface area (TPSA) is 72.9 Å². The molecule has 1 aromatic carbocycles. The molecular weight excluding hydrogens is 250 g/mol. The normalized spacial score (nSPS) is 18.1. The maximum Gasteiger partial charge on any atom is 0.322 e. The number of benzene rings is 1. The third-order valence-electron chi connectivity index (χ3n) is 3.12. The molecule has 1 aliphatic heterocycles. The molecule has 100 valence electrons. The number of amides is 2. The van der Waals surface area contributed by atoms with Gasteiger partial charge in [-0.1, -0.05) is 6.07 Å². The zero-order valence-corrected chi connectivity index (χ0v) is 10.8. The van der Waals surface area contributed by atoms with Gasteiger partial charge in [0.1, 0.15) is 5.75 Å². The summed E-state index contributed by atoms with van der Waals surface area (Å²) in [6, 6.07) is 4.65. The Hall–Kier alpha value is -2.37. The highest BCUT2D eigenvalue weighted by molar-refractivity contribution is 6.17. The minimum absolute atomic E-state index is 0.275. The van der Waals surface area contributed by atoms with E-state index in [1.54, 1.807) is 12.1 Å². The van der Waals surface area contributed by atoms with Gasteiger partial charge in [0.15, 0.2) is 5.92 Å². The second kappa shape index (κ2) is 4.72. The molecule has 2 rings (SSSR count). The molecule has 0 saturated carbocycles. The minimum Gasteiger partial charge on any atom is -0.497 e. The van der Waals surface area contributed by atoms with Crippen molar-refractivity contribution in [3.8, 4) is 5.75 Å². The molecule has 0 N–H and O–H groups in total. The van der Waals surface area contributed by atoms with Crippen LogP contribution in [0.5, 0.6) is 5.75 Å². The first-order valence-electron chi connectivity index (χ1n) is 5.59. The molecule has 0 spiro atoms. The van der Waals surface area contributed by atoms with Crippen molar-refractivity contribution in [3.63, 3.8) is 0 Å². The number of ether oxygens (including phenoxy) is 2. The molecule has 6 nitrogen and oxygen atoms in total. The summed E-state index contributed by atoms with van der Waals surface area (Å²) in [5, 5.41) is 0. The Morgan fingerprint density at radius 2 is 1.95 bits per heavy atom. The molecule has 0 aromatic heterocycles. The van der Waals surface area contributed by atoms with Crippen LogP contribution in [-0.2, 0) is 14.3 Å². The van der Waals surface area contributed by atoms with Crippen molar-refractivity contribution in [3.05, 3.63) is 29.3 Å². The molecule has 19 heavy (non-hydrogen) atoms. The van der Waals surface area contributed by atoms with Gasteiger partial charge in [-0.2, -0.15) is 0 Å². The van der Waals surface area contributed by atoms with Crippen LogP contribution in [0.3, 0.4) is 0 Å². The average Bonchev–Trinajstić information content (AvgIpc) is 2.44. The van der Waals surface area contributed by atoms with E-state index >= 15 is 0 Å².